The van der Waals surface area contributed by atoms with Gasteiger partial charge in [0.25, 0.3) is 0 Å². The van der Waals surface area contributed by atoms with Crippen LogP contribution >= 0.6 is 0 Å². The smallest absolute Gasteiger partial charge is 0.128 e. The second kappa shape index (κ2) is 6.60. The minimum absolute atomic E-state index is 0.382. The van der Waals surface area contributed by atoms with E-state index >= 15 is 0 Å². The SMILES string of the molecule is CCNC(C)c1ccnc(N(C)C(C)CC)c1. The molecule has 0 spiro atoms. The van der Waals surface area contributed by atoms with E-state index in [-0.39, 0.29) is 0 Å². The van der Waals surface area contributed by atoms with Gasteiger partial charge in [0.15, 0.2) is 0 Å². The number of hydrogen-bond acceptors (Lipinski definition) is 3. The number of nitrogens with zero attached hydrogens (tertiary/aromatic N) is 2. The summed E-state index contributed by atoms with van der Waals surface area (Å²) in [6, 6.07) is 5.17. The Morgan fingerprint density at radius 2 is 2.06 bits per heavy atom. The van der Waals surface area contributed by atoms with Gasteiger partial charge in [-0.25, -0.2) is 4.98 Å². The molecule has 0 aromatic carbocycles. The molecule has 0 aliphatic heterocycles. The summed E-state index contributed by atoms with van der Waals surface area (Å²) >= 11 is 0. The lowest BCUT2D eigenvalue weighted by molar-refractivity contribution is 0.596. The Morgan fingerprint density at radius 3 is 2.65 bits per heavy atom. The van der Waals surface area contributed by atoms with E-state index in [2.05, 4.69) is 62.1 Å². The van der Waals surface area contributed by atoms with Gasteiger partial charge in [0.2, 0.25) is 0 Å². The molecule has 1 aromatic heterocycles. The average Bonchev–Trinajstić information content (AvgIpc) is 2.37. The summed E-state index contributed by atoms with van der Waals surface area (Å²) in [5, 5.41) is 3.42. The van der Waals surface area contributed by atoms with Crippen molar-refractivity contribution in [1.82, 2.24) is 10.3 Å². The topological polar surface area (TPSA) is 28.2 Å². The maximum Gasteiger partial charge on any atom is 0.128 e. The van der Waals surface area contributed by atoms with E-state index in [1.54, 1.807) is 0 Å². The predicted molar refractivity (Wildman–Crippen MR) is 74.5 cm³/mol. The van der Waals surface area contributed by atoms with Crippen LogP contribution in [-0.2, 0) is 0 Å². The van der Waals surface area contributed by atoms with E-state index in [1.165, 1.54) is 5.56 Å². The second-order valence-corrected chi connectivity index (χ2v) is 4.59. The highest BCUT2D eigenvalue weighted by Crippen LogP contribution is 2.19. The molecule has 96 valence electrons. The Hall–Kier alpha value is -1.09. The number of hydrogen-bond donors (Lipinski definition) is 1. The Labute approximate surface area is 105 Å². The largest absolute Gasteiger partial charge is 0.357 e. The summed E-state index contributed by atoms with van der Waals surface area (Å²) in [5.41, 5.74) is 1.30. The van der Waals surface area contributed by atoms with Crippen LogP contribution in [0, 0.1) is 0 Å². The molecule has 0 bridgehead atoms. The van der Waals surface area contributed by atoms with Crippen LogP contribution < -0.4 is 10.2 Å². The Kier molecular flexibility index (Phi) is 5.42. The molecule has 1 N–H and O–H groups in total. The number of rotatable bonds is 6. The maximum absolute atomic E-state index is 4.45. The van der Waals surface area contributed by atoms with Crippen molar-refractivity contribution < 1.29 is 0 Å². The molecule has 3 heteroatoms. The predicted octanol–water partition coefficient (Wildman–Crippen LogP) is 2.99. The third-order valence-corrected chi connectivity index (χ3v) is 3.39. The van der Waals surface area contributed by atoms with E-state index < -0.39 is 0 Å². The molecule has 2 unspecified atom stereocenters. The van der Waals surface area contributed by atoms with Gasteiger partial charge in [0.05, 0.1) is 0 Å². The highest BCUT2D eigenvalue weighted by atomic mass is 15.2. The van der Waals surface area contributed by atoms with E-state index in [0.29, 0.717) is 12.1 Å². The van der Waals surface area contributed by atoms with Crippen LogP contribution in [-0.4, -0.2) is 24.6 Å². The minimum Gasteiger partial charge on any atom is -0.357 e. The molecule has 17 heavy (non-hydrogen) atoms. The summed E-state index contributed by atoms with van der Waals surface area (Å²) in [5.74, 6) is 1.06. The van der Waals surface area contributed by atoms with Crippen molar-refractivity contribution in [2.75, 3.05) is 18.5 Å². The monoisotopic (exact) mass is 235 g/mol. The molecule has 0 aliphatic carbocycles. The van der Waals surface area contributed by atoms with Crippen molar-refractivity contribution in [2.45, 2.75) is 46.2 Å². The van der Waals surface area contributed by atoms with E-state index in [0.717, 1.165) is 18.8 Å². The second-order valence-electron chi connectivity index (χ2n) is 4.59. The fourth-order valence-electron chi connectivity index (χ4n) is 1.82. The molecule has 0 saturated heterocycles. The third-order valence-electron chi connectivity index (χ3n) is 3.39. The quantitative estimate of drug-likeness (QED) is 0.821. The molecule has 0 saturated carbocycles. The zero-order chi connectivity index (χ0) is 12.8. The molecular weight excluding hydrogens is 210 g/mol. The van der Waals surface area contributed by atoms with Crippen LogP contribution in [0.3, 0.4) is 0 Å². The Morgan fingerprint density at radius 1 is 1.35 bits per heavy atom. The van der Waals surface area contributed by atoms with Crippen molar-refractivity contribution in [3.63, 3.8) is 0 Å². The van der Waals surface area contributed by atoms with Crippen LogP contribution in [0.4, 0.5) is 5.82 Å². The first kappa shape index (κ1) is 14.0. The van der Waals surface area contributed by atoms with Crippen LogP contribution in [0.1, 0.15) is 45.7 Å². The van der Waals surface area contributed by atoms with E-state index in [4.69, 9.17) is 0 Å². The first-order valence-electron chi connectivity index (χ1n) is 6.52. The van der Waals surface area contributed by atoms with Crippen molar-refractivity contribution in [3.05, 3.63) is 23.9 Å². The standard InChI is InChI=1S/C14H25N3/c1-6-11(3)17(5)14-10-13(8-9-16-14)12(4)15-7-2/h8-12,15H,6-7H2,1-5H3. The lowest BCUT2D eigenvalue weighted by atomic mass is 10.1. The summed E-state index contributed by atoms with van der Waals surface area (Å²) in [4.78, 5) is 6.69. The molecule has 2 atom stereocenters. The molecule has 3 nitrogen and oxygen atoms in total. The molecular formula is C14H25N3. The molecule has 1 rings (SSSR count). The Bertz CT molecular complexity index is 338. The van der Waals surface area contributed by atoms with Gasteiger partial charge in [0, 0.05) is 25.3 Å². The summed E-state index contributed by atoms with van der Waals surface area (Å²) in [6.45, 7) is 9.73. The van der Waals surface area contributed by atoms with Gasteiger partial charge in [-0.05, 0) is 44.5 Å². The van der Waals surface area contributed by atoms with Gasteiger partial charge in [0.1, 0.15) is 5.82 Å². The van der Waals surface area contributed by atoms with Gasteiger partial charge in [-0.15, -0.1) is 0 Å². The molecule has 0 aliphatic rings. The molecule has 1 aromatic rings. The molecule has 1 heterocycles. The Balaban J connectivity index is 2.85. The molecule has 0 amide bonds. The van der Waals surface area contributed by atoms with E-state index in [9.17, 15) is 0 Å². The zero-order valence-electron chi connectivity index (χ0n) is 11.7. The van der Waals surface area contributed by atoms with Crippen LogP contribution in [0.15, 0.2) is 18.3 Å². The summed E-state index contributed by atoms with van der Waals surface area (Å²) in [7, 11) is 2.11. The first-order chi connectivity index (χ1) is 8.10. The molecule has 0 radical (unpaired) electrons. The summed E-state index contributed by atoms with van der Waals surface area (Å²) < 4.78 is 0. The van der Waals surface area contributed by atoms with Gasteiger partial charge < -0.3 is 10.2 Å². The zero-order valence-corrected chi connectivity index (χ0v) is 11.7. The highest BCUT2D eigenvalue weighted by molar-refractivity contribution is 5.41. The number of aromatic nitrogens is 1. The number of nitrogens with one attached hydrogen (secondary N) is 1. The molecule has 0 fully saturated rings. The number of pyridine rings is 1. The summed E-state index contributed by atoms with van der Waals surface area (Å²) in [6.07, 6.45) is 3.03. The van der Waals surface area contributed by atoms with Crippen LogP contribution in [0.5, 0.6) is 0 Å². The fraction of sp³-hybridized carbons (Fsp3) is 0.643. The van der Waals surface area contributed by atoms with Gasteiger partial charge in [-0.1, -0.05) is 13.8 Å². The van der Waals surface area contributed by atoms with Gasteiger partial charge in [-0.2, -0.15) is 0 Å². The van der Waals surface area contributed by atoms with Crippen molar-refractivity contribution in [2.24, 2.45) is 0 Å². The fourth-order valence-corrected chi connectivity index (χ4v) is 1.82. The van der Waals surface area contributed by atoms with Gasteiger partial charge >= 0.3 is 0 Å². The lowest BCUT2D eigenvalue weighted by Crippen LogP contribution is -2.29. The first-order valence-corrected chi connectivity index (χ1v) is 6.52. The highest BCUT2D eigenvalue weighted by Gasteiger charge is 2.11. The maximum atomic E-state index is 4.45. The van der Waals surface area contributed by atoms with Crippen LogP contribution in [0.25, 0.3) is 0 Å². The van der Waals surface area contributed by atoms with Crippen LogP contribution in [0.2, 0.25) is 0 Å². The van der Waals surface area contributed by atoms with Crippen molar-refractivity contribution in [3.8, 4) is 0 Å². The normalized spacial score (nSPS) is 14.4. The third kappa shape index (κ3) is 3.70. The number of anilines is 1. The lowest BCUT2D eigenvalue weighted by Gasteiger charge is -2.25. The average molecular weight is 235 g/mol. The van der Waals surface area contributed by atoms with Gasteiger partial charge in [-0.3, -0.25) is 0 Å². The van der Waals surface area contributed by atoms with Crippen molar-refractivity contribution >= 4 is 5.82 Å². The minimum atomic E-state index is 0.382. The van der Waals surface area contributed by atoms with Crippen molar-refractivity contribution in [1.29, 1.82) is 0 Å². The van der Waals surface area contributed by atoms with E-state index in [1.807, 2.05) is 6.20 Å².